The van der Waals surface area contributed by atoms with E-state index in [1.54, 1.807) is 11.3 Å². The molecule has 0 aliphatic carbocycles. The van der Waals surface area contributed by atoms with E-state index in [9.17, 15) is 0 Å². The maximum Gasteiger partial charge on any atom is 0.184 e. The van der Waals surface area contributed by atoms with Crippen molar-refractivity contribution in [2.75, 3.05) is 11.9 Å². The zero-order valence-electron chi connectivity index (χ0n) is 11.5. The van der Waals surface area contributed by atoms with Gasteiger partial charge in [-0.1, -0.05) is 34.5 Å². The van der Waals surface area contributed by atoms with Crippen LogP contribution in [-0.4, -0.2) is 11.6 Å². The second-order valence-electron chi connectivity index (χ2n) is 5.15. The number of thiazole rings is 1. The minimum atomic E-state index is 0.151. The number of ether oxygens (including phenoxy) is 1. The number of nitrogens with one attached hydrogen (secondary N) is 1. The molecule has 0 bridgehead atoms. The molecule has 1 N–H and O–H groups in total. The molecule has 1 unspecified atom stereocenters. The van der Waals surface area contributed by atoms with Crippen LogP contribution in [0.1, 0.15) is 18.0 Å². The topological polar surface area (TPSA) is 34.2 Å². The van der Waals surface area contributed by atoms with Crippen LogP contribution in [0.15, 0.2) is 36.4 Å². The summed E-state index contributed by atoms with van der Waals surface area (Å²) in [6, 6.07) is 11.6. The smallest absolute Gasteiger partial charge is 0.184 e. The Morgan fingerprint density at radius 3 is 2.86 bits per heavy atom. The summed E-state index contributed by atoms with van der Waals surface area (Å²) in [7, 11) is 0. The van der Waals surface area contributed by atoms with E-state index >= 15 is 0 Å². The molecule has 1 aromatic heterocycles. The first-order chi connectivity index (χ1) is 10.7. The van der Waals surface area contributed by atoms with Gasteiger partial charge in [-0.2, -0.15) is 0 Å². The van der Waals surface area contributed by atoms with Crippen LogP contribution in [0.3, 0.4) is 0 Å². The molecular formula is C16H12Cl2N2OS. The van der Waals surface area contributed by atoms with E-state index in [-0.39, 0.29) is 6.04 Å². The molecule has 22 heavy (non-hydrogen) atoms. The van der Waals surface area contributed by atoms with E-state index in [1.165, 1.54) is 0 Å². The number of halogens is 2. The molecule has 2 aromatic carbocycles. The Morgan fingerprint density at radius 1 is 1.14 bits per heavy atom. The average molecular weight is 351 g/mol. The summed E-state index contributed by atoms with van der Waals surface area (Å²) < 4.78 is 6.77. The van der Waals surface area contributed by atoms with Gasteiger partial charge in [-0.3, -0.25) is 0 Å². The molecular weight excluding hydrogens is 339 g/mol. The highest BCUT2D eigenvalue weighted by Crippen LogP contribution is 2.37. The number of benzene rings is 2. The van der Waals surface area contributed by atoms with Gasteiger partial charge in [0, 0.05) is 22.0 Å². The van der Waals surface area contributed by atoms with Gasteiger partial charge in [-0.05, 0) is 36.4 Å². The molecule has 6 heteroatoms. The summed E-state index contributed by atoms with van der Waals surface area (Å²) in [6.45, 7) is 0.684. The Balaban J connectivity index is 1.67. The summed E-state index contributed by atoms with van der Waals surface area (Å²) in [5, 5.41) is 5.83. The third-order valence-corrected chi connectivity index (χ3v) is 5.08. The standard InChI is InChI=1S/C16H12Cl2N2OS/c17-9-2-4-14-11(7-9)12(5-6-21-14)19-16-20-13-3-1-10(18)8-15(13)22-16/h1-4,7-8,12H,5-6H2,(H,19,20). The fraction of sp³-hybridized carbons (Fsp3) is 0.188. The zero-order valence-corrected chi connectivity index (χ0v) is 13.8. The Labute approximate surface area is 141 Å². The highest BCUT2D eigenvalue weighted by molar-refractivity contribution is 7.22. The number of fused-ring (bicyclic) bond motifs is 2. The van der Waals surface area contributed by atoms with E-state index in [4.69, 9.17) is 27.9 Å². The van der Waals surface area contributed by atoms with Crippen molar-refractivity contribution in [3.8, 4) is 5.75 Å². The van der Waals surface area contributed by atoms with E-state index in [0.29, 0.717) is 11.6 Å². The monoisotopic (exact) mass is 350 g/mol. The summed E-state index contributed by atoms with van der Waals surface area (Å²) >= 11 is 13.8. The lowest BCUT2D eigenvalue weighted by atomic mass is 10.0. The lowest BCUT2D eigenvalue weighted by Crippen LogP contribution is -2.20. The number of hydrogen-bond donors (Lipinski definition) is 1. The lowest BCUT2D eigenvalue weighted by molar-refractivity contribution is 0.274. The quantitative estimate of drug-likeness (QED) is 0.658. The molecule has 4 rings (SSSR count). The lowest BCUT2D eigenvalue weighted by Gasteiger charge is -2.26. The molecule has 1 aliphatic heterocycles. The summed E-state index contributed by atoms with van der Waals surface area (Å²) in [4.78, 5) is 4.62. The van der Waals surface area contributed by atoms with Gasteiger partial charge in [0.05, 0.1) is 22.9 Å². The van der Waals surface area contributed by atoms with Crippen LogP contribution < -0.4 is 10.1 Å². The fourth-order valence-corrected chi connectivity index (χ4v) is 4.00. The molecule has 0 saturated carbocycles. The number of aromatic nitrogens is 1. The van der Waals surface area contributed by atoms with Crippen LogP contribution in [-0.2, 0) is 0 Å². The van der Waals surface area contributed by atoms with Crippen molar-refractivity contribution in [3.63, 3.8) is 0 Å². The molecule has 1 aliphatic rings. The first kappa shape index (κ1) is 14.1. The predicted octanol–water partition coefficient (Wildman–Crippen LogP) is 5.54. The van der Waals surface area contributed by atoms with Crippen molar-refractivity contribution >= 4 is 49.9 Å². The maximum atomic E-state index is 6.12. The van der Waals surface area contributed by atoms with Crippen LogP contribution >= 0.6 is 34.5 Å². The first-order valence-corrected chi connectivity index (χ1v) is 8.51. The molecule has 2 heterocycles. The van der Waals surface area contributed by atoms with Crippen LogP contribution in [0, 0.1) is 0 Å². The molecule has 0 radical (unpaired) electrons. The second kappa shape index (κ2) is 5.61. The predicted molar refractivity (Wildman–Crippen MR) is 92.6 cm³/mol. The zero-order chi connectivity index (χ0) is 15.1. The van der Waals surface area contributed by atoms with Crippen LogP contribution in [0.4, 0.5) is 5.13 Å². The van der Waals surface area contributed by atoms with Gasteiger partial charge in [0.2, 0.25) is 0 Å². The van der Waals surface area contributed by atoms with Gasteiger partial charge in [0.15, 0.2) is 5.13 Å². The first-order valence-electron chi connectivity index (χ1n) is 6.94. The molecule has 0 amide bonds. The minimum absolute atomic E-state index is 0.151. The van der Waals surface area contributed by atoms with Crippen LogP contribution in [0.25, 0.3) is 10.2 Å². The van der Waals surface area contributed by atoms with E-state index < -0.39 is 0 Å². The highest BCUT2D eigenvalue weighted by atomic mass is 35.5. The van der Waals surface area contributed by atoms with Crippen molar-refractivity contribution in [2.24, 2.45) is 0 Å². The van der Waals surface area contributed by atoms with Crippen molar-refractivity contribution < 1.29 is 4.74 Å². The SMILES string of the molecule is Clc1ccc2c(c1)C(Nc1nc3ccc(Cl)cc3s1)CCO2. The van der Waals surface area contributed by atoms with Crippen molar-refractivity contribution in [1.29, 1.82) is 0 Å². The maximum absolute atomic E-state index is 6.12. The Kier molecular flexibility index (Phi) is 3.60. The van der Waals surface area contributed by atoms with E-state index in [2.05, 4.69) is 10.3 Å². The van der Waals surface area contributed by atoms with Crippen molar-refractivity contribution in [3.05, 3.63) is 52.0 Å². The van der Waals surface area contributed by atoms with Crippen molar-refractivity contribution in [2.45, 2.75) is 12.5 Å². The van der Waals surface area contributed by atoms with Gasteiger partial charge in [0.1, 0.15) is 5.75 Å². The van der Waals surface area contributed by atoms with Crippen molar-refractivity contribution in [1.82, 2.24) is 4.98 Å². The van der Waals surface area contributed by atoms with Gasteiger partial charge in [0.25, 0.3) is 0 Å². The third kappa shape index (κ3) is 2.62. The van der Waals surface area contributed by atoms with Crippen LogP contribution in [0.2, 0.25) is 10.0 Å². The Hall–Kier alpha value is -1.49. The summed E-state index contributed by atoms with van der Waals surface area (Å²) in [6.07, 6.45) is 0.879. The molecule has 1 atom stereocenters. The largest absolute Gasteiger partial charge is 0.493 e. The number of nitrogens with zero attached hydrogens (tertiary/aromatic N) is 1. The molecule has 0 fully saturated rings. The van der Waals surface area contributed by atoms with E-state index in [0.717, 1.165) is 38.1 Å². The fourth-order valence-electron chi connectivity index (χ4n) is 2.62. The van der Waals surface area contributed by atoms with Gasteiger partial charge in [-0.15, -0.1) is 0 Å². The Morgan fingerprint density at radius 2 is 1.95 bits per heavy atom. The molecule has 112 valence electrons. The van der Waals surface area contributed by atoms with Crippen LogP contribution in [0.5, 0.6) is 5.75 Å². The second-order valence-corrected chi connectivity index (χ2v) is 7.05. The summed E-state index contributed by atoms with van der Waals surface area (Å²) in [5.74, 6) is 0.886. The minimum Gasteiger partial charge on any atom is -0.493 e. The van der Waals surface area contributed by atoms with Gasteiger partial charge >= 0.3 is 0 Å². The molecule has 3 nitrogen and oxygen atoms in total. The molecule has 3 aromatic rings. The van der Waals surface area contributed by atoms with E-state index in [1.807, 2.05) is 36.4 Å². The number of anilines is 1. The average Bonchev–Trinajstić information content (AvgIpc) is 2.89. The Bertz CT molecular complexity index is 849. The number of rotatable bonds is 2. The van der Waals surface area contributed by atoms with Gasteiger partial charge < -0.3 is 10.1 Å². The molecule has 0 spiro atoms. The molecule has 0 saturated heterocycles. The number of hydrogen-bond acceptors (Lipinski definition) is 4. The highest BCUT2D eigenvalue weighted by Gasteiger charge is 2.22. The van der Waals surface area contributed by atoms with Gasteiger partial charge in [-0.25, -0.2) is 4.98 Å². The normalized spacial score (nSPS) is 17.1. The summed E-state index contributed by atoms with van der Waals surface area (Å²) in [5.41, 5.74) is 2.03. The third-order valence-electron chi connectivity index (χ3n) is 3.66.